The van der Waals surface area contributed by atoms with E-state index in [9.17, 15) is 0 Å². The molecule has 0 aromatic heterocycles. The van der Waals surface area contributed by atoms with Crippen LogP contribution in [-0.2, 0) is 19.4 Å². The first-order chi connectivity index (χ1) is 9.97. The number of allylic oxidation sites excluding steroid dienone is 1. The summed E-state index contributed by atoms with van der Waals surface area (Å²) in [6.07, 6.45) is 6.22. The van der Waals surface area contributed by atoms with E-state index in [1.807, 2.05) is 0 Å². The Morgan fingerprint density at radius 1 is 1.24 bits per heavy atom. The second kappa shape index (κ2) is 7.35. The fraction of sp³-hybridized carbons (Fsp3) is 0.579. The molecule has 1 aliphatic rings. The second-order valence-electron chi connectivity index (χ2n) is 6.79. The van der Waals surface area contributed by atoms with Gasteiger partial charge < -0.3 is 4.90 Å². The smallest absolute Gasteiger partial charge is 0.0444 e. The maximum atomic E-state index is 6.55. The van der Waals surface area contributed by atoms with Crippen LogP contribution in [0.5, 0.6) is 0 Å². The number of benzene rings is 1. The van der Waals surface area contributed by atoms with E-state index in [-0.39, 0.29) is 0 Å². The first-order valence-electron chi connectivity index (χ1n) is 8.18. The highest BCUT2D eigenvalue weighted by molar-refractivity contribution is 6.31. The van der Waals surface area contributed by atoms with Crippen LogP contribution in [0.1, 0.15) is 56.7 Å². The van der Waals surface area contributed by atoms with Gasteiger partial charge in [-0.15, -0.1) is 0 Å². The molecule has 1 aliphatic carbocycles. The Bertz CT molecular complexity index is 505. The Kier molecular flexibility index (Phi) is 5.75. The van der Waals surface area contributed by atoms with Gasteiger partial charge in [-0.1, -0.05) is 44.5 Å². The maximum Gasteiger partial charge on any atom is 0.0444 e. The van der Waals surface area contributed by atoms with Crippen molar-refractivity contribution < 1.29 is 0 Å². The molecule has 0 heterocycles. The fourth-order valence-electron chi connectivity index (χ4n) is 3.16. The van der Waals surface area contributed by atoms with Crippen LogP contribution < -0.4 is 0 Å². The van der Waals surface area contributed by atoms with Gasteiger partial charge in [0.25, 0.3) is 0 Å². The Balaban J connectivity index is 2.21. The third-order valence-corrected chi connectivity index (χ3v) is 4.56. The molecule has 1 nitrogen and oxygen atoms in total. The van der Waals surface area contributed by atoms with Crippen molar-refractivity contribution in [1.82, 2.24) is 4.90 Å². The third kappa shape index (κ3) is 4.51. The van der Waals surface area contributed by atoms with Crippen LogP contribution in [0.3, 0.4) is 0 Å². The van der Waals surface area contributed by atoms with Gasteiger partial charge in [-0.2, -0.15) is 0 Å². The molecule has 0 unspecified atom stereocenters. The van der Waals surface area contributed by atoms with Gasteiger partial charge in [0, 0.05) is 23.8 Å². The zero-order valence-corrected chi connectivity index (χ0v) is 14.5. The van der Waals surface area contributed by atoms with Crippen molar-refractivity contribution in [1.29, 1.82) is 0 Å². The minimum atomic E-state index is 0.637. The van der Waals surface area contributed by atoms with Crippen molar-refractivity contribution in [3.63, 3.8) is 0 Å². The van der Waals surface area contributed by atoms with Gasteiger partial charge in [0.1, 0.15) is 0 Å². The van der Waals surface area contributed by atoms with Crippen molar-refractivity contribution in [2.75, 3.05) is 6.54 Å². The van der Waals surface area contributed by atoms with Gasteiger partial charge in [0.15, 0.2) is 0 Å². The first-order valence-corrected chi connectivity index (χ1v) is 8.55. The van der Waals surface area contributed by atoms with Crippen LogP contribution in [0.2, 0.25) is 5.02 Å². The van der Waals surface area contributed by atoms with Crippen LogP contribution >= 0.6 is 11.6 Å². The van der Waals surface area contributed by atoms with E-state index in [2.05, 4.69) is 44.4 Å². The molecule has 21 heavy (non-hydrogen) atoms. The quantitative estimate of drug-likeness (QED) is 0.640. The van der Waals surface area contributed by atoms with E-state index in [1.54, 1.807) is 0 Å². The van der Waals surface area contributed by atoms with Crippen LogP contribution in [0.25, 0.3) is 0 Å². The molecule has 0 saturated heterocycles. The molecule has 0 saturated carbocycles. The molecule has 0 N–H and O–H groups in total. The van der Waals surface area contributed by atoms with Gasteiger partial charge in [0.05, 0.1) is 0 Å². The third-order valence-electron chi connectivity index (χ3n) is 4.22. The second-order valence-corrected chi connectivity index (χ2v) is 7.19. The minimum absolute atomic E-state index is 0.637. The lowest BCUT2D eigenvalue weighted by Gasteiger charge is -2.27. The monoisotopic (exact) mass is 305 g/mol. The van der Waals surface area contributed by atoms with Gasteiger partial charge in [-0.05, 0) is 61.3 Å². The summed E-state index contributed by atoms with van der Waals surface area (Å²) in [6.45, 7) is 12.7. The highest BCUT2D eigenvalue weighted by atomic mass is 35.5. The summed E-state index contributed by atoms with van der Waals surface area (Å²) in [4.78, 5) is 2.36. The summed E-state index contributed by atoms with van der Waals surface area (Å²) in [5.41, 5.74) is 5.32. The lowest BCUT2D eigenvalue weighted by Crippen LogP contribution is -2.25. The average molecular weight is 306 g/mol. The number of aryl methyl sites for hydroxylation is 1. The first kappa shape index (κ1) is 16.4. The Labute approximate surface area is 135 Å². The van der Waals surface area contributed by atoms with Crippen molar-refractivity contribution in [2.45, 2.75) is 59.4 Å². The highest BCUT2D eigenvalue weighted by Gasteiger charge is 2.14. The van der Waals surface area contributed by atoms with Crippen LogP contribution in [0.4, 0.5) is 0 Å². The van der Waals surface area contributed by atoms with E-state index in [0.717, 1.165) is 30.2 Å². The molecule has 0 fully saturated rings. The molecular formula is C19H28ClN. The fourth-order valence-corrected chi connectivity index (χ4v) is 3.52. The number of hydrogen-bond donors (Lipinski definition) is 0. The minimum Gasteiger partial charge on any atom is -0.371 e. The Morgan fingerprint density at radius 3 is 2.62 bits per heavy atom. The van der Waals surface area contributed by atoms with Crippen molar-refractivity contribution in [3.8, 4) is 0 Å². The van der Waals surface area contributed by atoms with E-state index in [4.69, 9.17) is 11.6 Å². The molecule has 0 amide bonds. The number of nitrogens with zero attached hydrogens (tertiary/aromatic N) is 1. The molecule has 1 aromatic carbocycles. The standard InChI is InChI=1S/C19H28ClN/c1-14(2)12-21(15(3)4)13-16-10-17-8-6-5-7-9-18(17)19(20)11-16/h10-11,14H,3,5-9,12-13H2,1-2,4H3. The molecule has 0 atom stereocenters. The Morgan fingerprint density at radius 2 is 1.95 bits per heavy atom. The average Bonchev–Trinajstić information content (AvgIpc) is 2.63. The zero-order chi connectivity index (χ0) is 15.4. The highest BCUT2D eigenvalue weighted by Crippen LogP contribution is 2.29. The predicted molar refractivity (Wildman–Crippen MR) is 92.8 cm³/mol. The molecule has 0 spiro atoms. The Hall–Kier alpha value is -0.950. The zero-order valence-electron chi connectivity index (χ0n) is 13.7. The molecule has 2 heteroatoms. The van der Waals surface area contributed by atoms with Crippen LogP contribution in [-0.4, -0.2) is 11.4 Å². The van der Waals surface area contributed by atoms with E-state index in [1.165, 1.54) is 42.4 Å². The summed E-state index contributed by atoms with van der Waals surface area (Å²) in [5, 5.41) is 0.968. The summed E-state index contributed by atoms with van der Waals surface area (Å²) in [7, 11) is 0. The molecule has 1 aromatic rings. The van der Waals surface area contributed by atoms with Crippen molar-refractivity contribution >= 4 is 11.6 Å². The molecule has 0 aliphatic heterocycles. The van der Waals surface area contributed by atoms with Crippen LogP contribution in [0, 0.1) is 5.92 Å². The molecule has 116 valence electrons. The summed E-state index contributed by atoms with van der Waals surface area (Å²) in [6, 6.07) is 4.55. The molecule has 2 rings (SSSR count). The maximum absolute atomic E-state index is 6.55. The predicted octanol–water partition coefficient (Wildman–Crippen LogP) is 5.60. The number of hydrogen-bond acceptors (Lipinski definition) is 1. The van der Waals surface area contributed by atoms with Crippen LogP contribution in [0.15, 0.2) is 24.4 Å². The van der Waals surface area contributed by atoms with E-state index in [0.29, 0.717) is 5.92 Å². The number of fused-ring (bicyclic) bond motifs is 1. The van der Waals surface area contributed by atoms with E-state index < -0.39 is 0 Å². The lowest BCUT2D eigenvalue weighted by molar-refractivity contribution is 0.299. The van der Waals surface area contributed by atoms with Gasteiger partial charge in [0.2, 0.25) is 0 Å². The topological polar surface area (TPSA) is 3.24 Å². The van der Waals surface area contributed by atoms with Crippen molar-refractivity contribution in [2.24, 2.45) is 5.92 Å². The normalized spacial score (nSPS) is 14.7. The number of halogens is 1. The largest absolute Gasteiger partial charge is 0.371 e. The summed E-state index contributed by atoms with van der Waals surface area (Å²) in [5.74, 6) is 0.637. The molecule has 0 radical (unpaired) electrons. The van der Waals surface area contributed by atoms with Gasteiger partial charge in [-0.25, -0.2) is 0 Å². The number of rotatable bonds is 5. The van der Waals surface area contributed by atoms with Crippen molar-refractivity contribution in [3.05, 3.63) is 46.1 Å². The molecule has 0 bridgehead atoms. The summed E-state index contributed by atoms with van der Waals surface area (Å²) >= 11 is 6.55. The SMILES string of the molecule is C=C(C)N(Cc1cc(Cl)c2c(c1)CCCCC2)CC(C)C. The lowest BCUT2D eigenvalue weighted by atomic mass is 9.99. The van der Waals surface area contributed by atoms with Gasteiger partial charge >= 0.3 is 0 Å². The molecular weight excluding hydrogens is 278 g/mol. The summed E-state index contributed by atoms with van der Waals surface area (Å²) < 4.78 is 0. The van der Waals surface area contributed by atoms with Gasteiger partial charge in [-0.3, -0.25) is 0 Å². The van der Waals surface area contributed by atoms with E-state index >= 15 is 0 Å².